The molecule has 1 saturated carbocycles. The Balaban J connectivity index is 2.96. The molecular formula is C20H41N. The highest BCUT2D eigenvalue weighted by molar-refractivity contribution is 4.99. The third-order valence-electron chi connectivity index (χ3n) is 5.46. The van der Waals surface area contributed by atoms with Gasteiger partial charge in [0.05, 0.1) is 0 Å². The molecule has 0 bridgehead atoms. The second-order valence-corrected chi connectivity index (χ2v) is 10.3. The largest absolute Gasteiger partial charge is 0.325 e. The molecule has 3 atom stereocenters. The molecule has 0 spiro atoms. The molecule has 0 aromatic heterocycles. The summed E-state index contributed by atoms with van der Waals surface area (Å²) in [5.74, 6) is 2.24. The van der Waals surface area contributed by atoms with Crippen LogP contribution in [0.4, 0.5) is 0 Å². The third kappa shape index (κ3) is 5.58. The average molecular weight is 296 g/mol. The lowest BCUT2D eigenvalue weighted by Gasteiger charge is -2.51. The molecule has 126 valence electrons. The summed E-state index contributed by atoms with van der Waals surface area (Å²) in [7, 11) is 0. The Hall–Kier alpha value is -0.0400. The Labute approximate surface area is 134 Å². The summed E-state index contributed by atoms with van der Waals surface area (Å²) in [5, 5.41) is 0. The van der Waals surface area contributed by atoms with Crippen LogP contribution >= 0.6 is 0 Å². The van der Waals surface area contributed by atoms with Gasteiger partial charge < -0.3 is 5.73 Å². The van der Waals surface area contributed by atoms with Crippen LogP contribution in [-0.4, -0.2) is 5.54 Å². The van der Waals surface area contributed by atoms with E-state index in [0.717, 1.165) is 18.3 Å². The SMILES string of the molecule is CC(C)CC(C)(C)C1CCCCC1C(C)(N)CC(C)(C)C. The number of hydrogen-bond acceptors (Lipinski definition) is 1. The summed E-state index contributed by atoms with van der Waals surface area (Å²) in [5.41, 5.74) is 7.59. The summed E-state index contributed by atoms with van der Waals surface area (Å²) in [6.45, 7) is 19.0. The highest BCUT2D eigenvalue weighted by atomic mass is 14.8. The van der Waals surface area contributed by atoms with Crippen LogP contribution in [0.1, 0.15) is 93.9 Å². The van der Waals surface area contributed by atoms with E-state index >= 15 is 0 Å². The van der Waals surface area contributed by atoms with Crippen molar-refractivity contribution in [3.8, 4) is 0 Å². The van der Waals surface area contributed by atoms with Crippen LogP contribution in [0.2, 0.25) is 0 Å². The number of nitrogens with two attached hydrogens (primary N) is 1. The maximum absolute atomic E-state index is 6.90. The normalized spacial score (nSPS) is 27.7. The standard InChI is InChI=1S/C20H41N/c1-15(2)13-19(6,7)16-11-9-10-12-17(16)20(8,21)14-18(3,4)5/h15-17H,9-14,21H2,1-8H3. The van der Waals surface area contributed by atoms with Crippen molar-refractivity contribution in [2.75, 3.05) is 0 Å². The zero-order valence-electron chi connectivity index (χ0n) is 16.1. The topological polar surface area (TPSA) is 26.0 Å². The predicted octanol–water partition coefficient (Wildman–Crippen LogP) is 6.02. The van der Waals surface area contributed by atoms with Crippen molar-refractivity contribution in [2.24, 2.45) is 34.3 Å². The molecule has 0 heterocycles. The molecule has 2 N–H and O–H groups in total. The van der Waals surface area contributed by atoms with Gasteiger partial charge in [0.25, 0.3) is 0 Å². The van der Waals surface area contributed by atoms with Crippen molar-refractivity contribution in [2.45, 2.75) is 99.5 Å². The highest BCUT2D eigenvalue weighted by Crippen LogP contribution is 2.50. The number of rotatable bonds is 5. The van der Waals surface area contributed by atoms with Crippen molar-refractivity contribution in [1.29, 1.82) is 0 Å². The van der Waals surface area contributed by atoms with Gasteiger partial charge in [-0.2, -0.15) is 0 Å². The molecular weight excluding hydrogens is 254 g/mol. The molecule has 1 rings (SSSR count). The molecule has 1 fully saturated rings. The molecule has 0 radical (unpaired) electrons. The van der Waals surface area contributed by atoms with Gasteiger partial charge in [-0.15, -0.1) is 0 Å². The van der Waals surface area contributed by atoms with E-state index in [0.29, 0.717) is 16.7 Å². The molecule has 0 aliphatic heterocycles. The van der Waals surface area contributed by atoms with Crippen molar-refractivity contribution in [3.63, 3.8) is 0 Å². The summed E-state index contributed by atoms with van der Waals surface area (Å²) >= 11 is 0. The minimum absolute atomic E-state index is 0.0302. The van der Waals surface area contributed by atoms with Crippen LogP contribution in [0.3, 0.4) is 0 Å². The van der Waals surface area contributed by atoms with E-state index in [1.165, 1.54) is 32.1 Å². The first-order valence-corrected chi connectivity index (χ1v) is 9.14. The number of hydrogen-bond donors (Lipinski definition) is 1. The van der Waals surface area contributed by atoms with Crippen LogP contribution in [-0.2, 0) is 0 Å². The summed E-state index contributed by atoms with van der Waals surface area (Å²) in [6.07, 6.45) is 7.92. The van der Waals surface area contributed by atoms with Gasteiger partial charge in [0.1, 0.15) is 0 Å². The first-order chi connectivity index (χ1) is 9.35. The highest BCUT2D eigenvalue weighted by Gasteiger charge is 2.45. The van der Waals surface area contributed by atoms with Crippen molar-refractivity contribution in [1.82, 2.24) is 0 Å². The summed E-state index contributed by atoms with van der Waals surface area (Å²) in [6, 6.07) is 0. The molecule has 0 amide bonds. The van der Waals surface area contributed by atoms with Crippen molar-refractivity contribution >= 4 is 0 Å². The molecule has 1 nitrogen and oxygen atoms in total. The van der Waals surface area contributed by atoms with Crippen molar-refractivity contribution in [3.05, 3.63) is 0 Å². The smallest absolute Gasteiger partial charge is 0.0162 e. The fourth-order valence-electron chi connectivity index (χ4n) is 5.33. The maximum atomic E-state index is 6.90. The molecule has 21 heavy (non-hydrogen) atoms. The molecule has 0 saturated heterocycles. The van der Waals surface area contributed by atoms with E-state index in [4.69, 9.17) is 5.73 Å². The minimum Gasteiger partial charge on any atom is -0.325 e. The van der Waals surface area contributed by atoms with E-state index in [-0.39, 0.29) is 5.54 Å². The lowest BCUT2D eigenvalue weighted by molar-refractivity contribution is 0.0190. The van der Waals surface area contributed by atoms with Gasteiger partial charge in [0.15, 0.2) is 0 Å². The van der Waals surface area contributed by atoms with Gasteiger partial charge in [-0.05, 0) is 61.2 Å². The zero-order chi connectivity index (χ0) is 16.5. The first kappa shape index (κ1) is 19.0. The average Bonchev–Trinajstić information content (AvgIpc) is 2.24. The van der Waals surface area contributed by atoms with Crippen LogP contribution in [0.15, 0.2) is 0 Å². The van der Waals surface area contributed by atoms with Crippen LogP contribution in [0.25, 0.3) is 0 Å². The Bertz CT molecular complexity index is 319. The third-order valence-corrected chi connectivity index (χ3v) is 5.46. The second-order valence-electron chi connectivity index (χ2n) is 10.3. The molecule has 0 aromatic rings. The lowest BCUT2D eigenvalue weighted by atomic mass is 9.56. The van der Waals surface area contributed by atoms with Gasteiger partial charge in [-0.3, -0.25) is 0 Å². The van der Waals surface area contributed by atoms with Gasteiger partial charge in [-0.25, -0.2) is 0 Å². The Morgan fingerprint density at radius 1 is 0.905 bits per heavy atom. The second kappa shape index (κ2) is 6.60. The zero-order valence-corrected chi connectivity index (χ0v) is 16.1. The molecule has 1 aliphatic rings. The van der Waals surface area contributed by atoms with E-state index < -0.39 is 0 Å². The van der Waals surface area contributed by atoms with Gasteiger partial charge >= 0.3 is 0 Å². The Morgan fingerprint density at radius 3 is 1.81 bits per heavy atom. The van der Waals surface area contributed by atoms with E-state index in [9.17, 15) is 0 Å². The summed E-state index contributed by atoms with van der Waals surface area (Å²) in [4.78, 5) is 0. The van der Waals surface area contributed by atoms with Crippen LogP contribution in [0, 0.1) is 28.6 Å². The van der Waals surface area contributed by atoms with Crippen LogP contribution < -0.4 is 5.73 Å². The summed E-state index contributed by atoms with van der Waals surface area (Å²) < 4.78 is 0. The van der Waals surface area contributed by atoms with Gasteiger partial charge in [0, 0.05) is 5.54 Å². The predicted molar refractivity (Wildman–Crippen MR) is 95.3 cm³/mol. The van der Waals surface area contributed by atoms with Gasteiger partial charge in [0.2, 0.25) is 0 Å². The first-order valence-electron chi connectivity index (χ1n) is 9.14. The molecule has 0 aromatic carbocycles. The Kier molecular flexibility index (Phi) is 5.98. The fraction of sp³-hybridized carbons (Fsp3) is 1.00. The molecule has 1 aliphatic carbocycles. The quantitative estimate of drug-likeness (QED) is 0.659. The Morgan fingerprint density at radius 2 is 1.38 bits per heavy atom. The van der Waals surface area contributed by atoms with Gasteiger partial charge in [-0.1, -0.05) is 61.3 Å². The molecule has 3 unspecified atom stereocenters. The van der Waals surface area contributed by atoms with E-state index in [1.807, 2.05) is 0 Å². The molecule has 1 heteroatoms. The van der Waals surface area contributed by atoms with E-state index in [2.05, 4.69) is 55.4 Å². The lowest BCUT2D eigenvalue weighted by Crippen LogP contribution is -2.53. The van der Waals surface area contributed by atoms with E-state index in [1.54, 1.807) is 0 Å². The monoisotopic (exact) mass is 295 g/mol. The maximum Gasteiger partial charge on any atom is 0.0162 e. The minimum atomic E-state index is -0.0302. The fourth-order valence-corrected chi connectivity index (χ4v) is 5.33. The van der Waals surface area contributed by atoms with Crippen LogP contribution in [0.5, 0.6) is 0 Å². The van der Waals surface area contributed by atoms with Crippen molar-refractivity contribution < 1.29 is 0 Å².